The number of piperidine rings is 1. The topological polar surface area (TPSA) is 33.3 Å². The summed E-state index contributed by atoms with van der Waals surface area (Å²) in [6, 6.07) is 21.2. The molecule has 3 nitrogen and oxygen atoms in total. The Labute approximate surface area is 176 Å². The minimum Gasteiger partial charge on any atom is -0.457 e. The molecule has 0 amide bonds. The molecule has 2 aromatic rings. The largest absolute Gasteiger partial charge is 0.457 e. The Hall–Kier alpha value is -1.84. The third kappa shape index (κ3) is 5.61. The molecule has 0 spiro atoms. The first-order chi connectivity index (χ1) is 14.2. The first-order valence-corrected chi connectivity index (χ1v) is 11.5. The van der Waals surface area contributed by atoms with Gasteiger partial charge in [0, 0.05) is 24.2 Å². The molecule has 2 aromatic carbocycles. The Bertz CT molecular complexity index is 733. The summed E-state index contributed by atoms with van der Waals surface area (Å²) in [5, 5.41) is 7.71. The molecule has 2 fully saturated rings. The third-order valence-electron chi connectivity index (χ3n) is 6.58. The zero-order valence-corrected chi connectivity index (χ0v) is 17.9. The van der Waals surface area contributed by atoms with Gasteiger partial charge in [0.25, 0.3) is 0 Å². The minimum atomic E-state index is 0.416. The second-order valence-electron chi connectivity index (χ2n) is 9.10. The smallest absolute Gasteiger partial charge is 0.127 e. The van der Waals surface area contributed by atoms with Crippen LogP contribution in [0.1, 0.15) is 70.4 Å². The molecule has 4 unspecified atom stereocenters. The number of hydrogen-bond donors (Lipinski definition) is 2. The highest BCUT2D eigenvalue weighted by atomic mass is 16.5. The summed E-state index contributed by atoms with van der Waals surface area (Å²) in [6.45, 7) is 4.65. The molecule has 0 aliphatic carbocycles. The molecular weight excluding hydrogens is 356 g/mol. The quantitative estimate of drug-likeness (QED) is 0.531. The van der Waals surface area contributed by atoms with Crippen molar-refractivity contribution in [3.63, 3.8) is 0 Å². The molecule has 2 heterocycles. The van der Waals surface area contributed by atoms with Crippen LogP contribution in [0.2, 0.25) is 0 Å². The van der Waals surface area contributed by atoms with E-state index in [1.807, 2.05) is 30.3 Å². The molecule has 2 aliphatic heterocycles. The van der Waals surface area contributed by atoms with Crippen LogP contribution >= 0.6 is 0 Å². The van der Waals surface area contributed by atoms with Crippen molar-refractivity contribution in [2.24, 2.45) is 5.92 Å². The van der Waals surface area contributed by atoms with E-state index in [0.717, 1.165) is 29.5 Å². The van der Waals surface area contributed by atoms with Gasteiger partial charge in [-0.2, -0.15) is 0 Å². The van der Waals surface area contributed by atoms with E-state index in [-0.39, 0.29) is 0 Å². The lowest BCUT2D eigenvalue weighted by molar-refractivity contribution is 0.256. The van der Waals surface area contributed by atoms with E-state index in [1.54, 1.807) is 0 Å². The highest BCUT2D eigenvalue weighted by Crippen LogP contribution is 2.34. The molecule has 4 rings (SSSR count). The first-order valence-electron chi connectivity index (χ1n) is 11.5. The Morgan fingerprint density at radius 1 is 0.966 bits per heavy atom. The van der Waals surface area contributed by atoms with E-state index in [9.17, 15) is 0 Å². The van der Waals surface area contributed by atoms with Crippen LogP contribution in [0, 0.1) is 5.92 Å². The van der Waals surface area contributed by atoms with Crippen LogP contribution in [0.25, 0.3) is 0 Å². The van der Waals surface area contributed by atoms with E-state index in [0.29, 0.717) is 12.1 Å². The summed E-state index contributed by atoms with van der Waals surface area (Å²) in [4.78, 5) is 0. The van der Waals surface area contributed by atoms with Crippen molar-refractivity contribution < 1.29 is 4.74 Å². The summed E-state index contributed by atoms with van der Waals surface area (Å²) in [6.07, 6.45) is 9.16. The molecule has 4 atom stereocenters. The number of fused-ring (bicyclic) bond motifs is 2. The van der Waals surface area contributed by atoms with Crippen LogP contribution in [0.3, 0.4) is 0 Å². The van der Waals surface area contributed by atoms with Crippen LogP contribution in [0.5, 0.6) is 11.5 Å². The van der Waals surface area contributed by atoms with Crippen molar-refractivity contribution in [1.29, 1.82) is 0 Å². The average molecular weight is 393 g/mol. The second kappa shape index (κ2) is 9.77. The fraction of sp³-hybridized carbons (Fsp3) is 0.538. The number of para-hydroxylation sites is 1. The van der Waals surface area contributed by atoms with Crippen molar-refractivity contribution in [2.75, 3.05) is 0 Å². The number of nitrogens with one attached hydrogen (secondary N) is 2. The maximum absolute atomic E-state index is 5.95. The number of hydrogen-bond acceptors (Lipinski definition) is 3. The van der Waals surface area contributed by atoms with Gasteiger partial charge in [-0.1, -0.05) is 43.7 Å². The fourth-order valence-electron chi connectivity index (χ4n) is 5.31. The fourth-order valence-corrected chi connectivity index (χ4v) is 5.31. The number of benzene rings is 2. The average Bonchev–Trinajstić information content (AvgIpc) is 3.07. The highest BCUT2D eigenvalue weighted by Gasteiger charge is 2.34. The Morgan fingerprint density at radius 3 is 2.28 bits per heavy atom. The molecule has 0 aromatic heterocycles. The molecule has 29 heavy (non-hydrogen) atoms. The maximum atomic E-state index is 5.95. The predicted octanol–water partition coefficient (Wildman–Crippen LogP) is 6.22. The molecular formula is C26H36N2O. The summed E-state index contributed by atoms with van der Waals surface area (Å²) in [7, 11) is 0. The van der Waals surface area contributed by atoms with E-state index >= 15 is 0 Å². The van der Waals surface area contributed by atoms with Crippen molar-refractivity contribution in [2.45, 2.75) is 83.0 Å². The lowest BCUT2D eigenvalue weighted by atomic mass is 9.87. The van der Waals surface area contributed by atoms with E-state index in [1.165, 1.54) is 50.5 Å². The van der Waals surface area contributed by atoms with Crippen molar-refractivity contribution in [1.82, 2.24) is 10.6 Å². The van der Waals surface area contributed by atoms with Gasteiger partial charge in [0.05, 0.1) is 0 Å². The van der Waals surface area contributed by atoms with Crippen LogP contribution < -0.4 is 15.4 Å². The molecule has 2 N–H and O–H groups in total. The monoisotopic (exact) mass is 392 g/mol. The van der Waals surface area contributed by atoms with Crippen molar-refractivity contribution in [3.05, 3.63) is 60.2 Å². The van der Waals surface area contributed by atoms with Crippen LogP contribution in [0.15, 0.2) is 54.6 Å². The normalized spacial score (nSPS) is 25.5. The number of ether oxygens (including phenoxy) is 1. The zero-order chi connectivity index (χ0) is 20.1. The SMILES string of the molecule is CCCC(NC(C)CC1CC2CCC(C1)N2)c1ccc(Oc2ccccc2)cc1. The molecule has 0 radical (unpaired) electrons. The minimum absolute atomic E-state index is 0.416. The van der Waals surface area contributed by atoms with Gasteiger partial charge in [0.2, 0.25) is 0 Å². The van der Waals surface area contributed by atoms with Gasteiger partial charge in [0.15, 0.2) is 0 Å². The van der Waals surface area contributed by atoms with Crippen LogP contribution in [0.4, 0.5) is 0 Å². The maximum Gasteiger partial charge on any atom is 0.127 e. The molecule has 2 aliphatic rings. The number of rotatable bonds is 9. The summed E-state index contributed by atoms with van der Waals surface area (Å²) in [5.41, 5.74) is 1.37. The summed E-state index contributed by atoms with van der Waals surface area (Å²) in [5.74, 6) is 2.65. The van der Waals surface area contributed by atoms with Gasteiger partial charge in [0.1, 0.15) is 11.5 Å². The predicted molar refractivity (Wildman–Crippen MR) is 120 cm³/mol. The lowest BCUT2D eigenvalue weighted by Crippen LogP contribution is -2.40. The molecule has 156 valence electrons. The Morgan fingerprint density at radius 2 is 1.62 bits per heavy atom. The lowest BCUT2D eigenvalue weighted by Gasteiger charge is -2.32. The van der Waals surface area contributed by atoms with Crippen LogP contribution in [-0.4, -0.2) is 18.1 Å². The van der Waals surface area contributed by atoms with Gasteiger partial charge in [-0.05, 0) is 81.2 Å². The molecule has 0 saturated carbocycles. The summed E-state index contributed by atoms with van der Waals surface area (Å²) >= 11 is 0. The third-order valence-corrected chi connectivity index (χ3v) is 6.58. The van der Waals surface area contributed by atoms with E-state index in [4.69, 9.17) is 4.74 Å². The van der Waals surface area contributed by atoms with E-state index in [2.05, 4.69) is 48.7 Å². The Balaban J connectivity index is 1.34. The molecule has 2 saturated heterocycles. The van der Waals surface area contributed by atoms with Gasteiger partial charge in [-0.3, -0.25) is 0 Å². The highest BCUT2D eigenvalue weighted by molar-refractivity contribution is 5.34. The van der Waals surface area contributed by atoms with Gasteiger partial charge in [-0.15, -0.1) is 0 Å². The van der Waals surface area contributed by atoms with Crippen molar-refractivity contribution in [3.8, 4) is 11.5 Å². The second-order valence-corrected chi connectivity index (χ2v) is 9.10. The zero-order valence-electron chi connectivity index (χ0n) is 17.9. The van der Waals surface area contributed by atoms with Gasteiger partial charge < -0.3 is 15.4 Å². The Kier molecular flexibility index (Phi) is 6.89. The van der Waals surface area contributed by atoms with Gasteiger partial charge >= 0.3 is 0 Å². The van der Waals surface area contributed by atoms with E-state index < -0.39 is 0 Å². The standard InChI is InChI=1S/C26H36N2O/c1-3-7-26(27-19(2)16-20-17-22-12-13-23(18-20)28-22)21-10-14-25(15-11-21)29-24-8-5-4-6-9-24/h4-6,8-11,14-15,19-20,22-23,26-28H,3,7,12-13,16-18H2,1-2H3. The first kappa shape index (κ1) is 20.4. The summed E-state index contributed by atoms with van der Waals surface area (Å²) < 4.78 is 5.95. The molecule has 3 heteroatoms. The van der Waals surface area contributed by atoms with Crippen molar-refractivity contribution >= 4 is 0 Å². The molecule has 2 bridgehead atoms. The van der Waals surface area contributed by atoms with Gasteiger partial charge in [-0.25, -0.2) is 0 Å². The van der Waals surface area contributed by atoms with Crippen LogP contribution in [-0.2, 0) is 0 Å².